The van der Waals surface area contributed by atoms with E-state index in [0.717, 1.165) is 3.39 Å². The lowest BCUT2D eigenvalue weighted by atomic mass is 10.1. The number of halogens is 2. The van der Waals surface area contributed by atoms with Gasteiger partial charge in [-0.2, -0.15) is 0 Å². The monoisotopic (exact) mass is 288 g/mol. The molecule has 1 aromatic rings. The highest BCUT2D eigenvalue weighted by Crippen LogP contribution is 2.19. The van der Waals surface area contributed by atoms with Crippen LogP contribution in [-0.2, 0) is 0 Å². The maximum atomic E-state index is 3.34. The molecule has 0 saturated heterocycles. The molecule has 1 rings (SSSR count). The number of benzene rings is 1. The van der Waals surface area contributed by atoms with Crippen molar-refractivity contribution in [3.05, 3.63) is 38.3 Å². The first-order valence-electron chi connectivity index (χ1n) is 3.69. The lowest BCUT2D eigenvalue weighted by molar-refractivity contribution is 1.37. The van der Waals surface area contributed by atoms with Crippen LogP contribution in [-0.4, -0.2) is 0 Å². The first kappa shape index (κ1) is 10.0. The van der Waals surface area contributed by atoms with Crippen molar-refractivity contribution in [2.45, 2.75) is 13.8 Å². The highest BCUT2D eigenvalue weighted by molar-refractivity contribution is 9.28. The average Bonchev–Trinajstić information content (AvgIpc) is 1.81. The van der Waals surface area contributed by atoms with Crippen molar-refractivity contribution in [2.24, 2.45) is 0 Å². The fraction of sp³-hybridized carbons (Fsp3) is 0.200. The van der Waals surface area contributed by atoms with Crippen LogP contribution in [0.3, 0.4) is 0 Å². The molecule has 0 spiro atoms. The summed E-state index contributed by atoms with van der Waals surface area (Å²) >= 11 is 6.68. The first-order chi connectivity index (χ1) is 5.58. The zero-order valence-corrected chi connectivity index (χ0v) is 10.2. The van der Waals surface area contributed by atoms with Crippen LogP contribution in [0.1, 0.15) is 16.7 Å². The molecule has 64 valence electrons. The predicted octanol–water partition coefficient (Wildman–Crippen LogP) is 4.39. The second-order valence-corrected chi connectivity index (χ2v) is 5.63. The largest absolute Gasteiger partial charge is 0.0610 e. The molecule has 0 saturated carbocycles. The quantitative estimate of drug-likeness (QED) is 0.719. The molecule has 0 aromatic heterocycles. The second kappa shape index (κ2) is 4.24. The summed E-state index contributed by atoms with van der Waals surface area (Å²) in [6.07, 6.45) is 2.04. The Morgan fingerprint density at radius 3 is 2.00 bits per heavy atom. The smallest absolute Gasteiger partial charge is 0.0563 e. The Bertz CT molecular complexity index is 289. The van der Waals surface area contributed by atoms with Gasteiger partial charge in [0.1, 0.15) is 0 Å². The minimum Gasteiger partial charge on any atom is -0.0563 e. The van der Waals surface area contributed by atoms with E-state index in [-0.39, 0.29) is 0 Å². The molecule has 2 heteroatoms. The van der Waals surface area contributed by atoms with Gasteiger partial charge in [-0.15, -0.1) is 0 Å². The molecule has 0 radical (unpaired) electrons. The van der Waals surface area contributed by atoms with Crippen LogP contribution in [0.25, 0.3) is 6.08 Å². The highest BCUT2D eigenvalue weighted by Gasteiger charge is 1.92. The Morgan fingerprint density at radius 2 is 1.58 bits per heavy atom. The standard InChI is InChI=1S/C10H10Br2/c1-7-3-8(2)5-9(4-7)6-10(11)12/h3-6H,1-2H3. The fourth-order valence-corrected chi connectivity index (χ4v) is 1.75. The summed E-state index contributed by atoms with van der Waals surface area (Å²) in [6, 6.07) is 6.46. The van der Waals surface area contributed by atoms with E-state index in [4.69, 9.17) is 0 Å². The Kier molecular flexibility index (Phi) is 3.53. The zero-order chi connectivity index (χ0) is 9.14. The van der Waals surface area contributed by atoms with Crippen molar-refractivity contribution in [3.63, 3.8) is 0 Å². The molecule has 0 aliphatic heterocycles. The SMILES string of the molecule is Cc1cc(C)cc(C=C(Br)Br)c1. The summed E-state index contributed by atoms with van der Waals surface area (Å²) < 4.78 is 0.972. The van der Waals surface area contributed by atoms with Crippen LogP contribution >= 0.6 is 31.9 Å². The molecule has 0 amide bonds. The van der Waals surface area contributed by atoms with Gasteiger partial charge >= 0.3 is 0 Å². The maximum Gasteiger partial charge on any atom is 0.0610 e. The van der Waals surface area contributed by atoms with Crippen molar-refractivity contribution < 1.29 is 0 Å². The number of aryl methyl sites for hydroxylation is 2. The normalized spacial score (nSPS) is 9.67. The van der Waals surface area contributed by atoms with Crippen LogP contribution < -0.4 is 0 Å². The van der Waals surface area contributed by atoms with Gasteiger partial charge in [-0.3, -0.25) is 0 Å². The van der Waals surface area contributed by atoms with Gasteiger partial charge in [-0.05, 0) is 57.3 Å². The van der Waals surface area contributed by atoms with Crippen molar-refractivity contribution in [3.8, 4) is 0 Å². The van der Waals surface area contributed by atoms with Crippen LogP contribution in [0.15, 0.2) is 21.6 Å². The van der Waals surface area contributed by atoms with E-state index in [0.29, 0.717) is 0 Å². The van der Waals surface area contributed by atoms with Gasteiger partial charge in [0.05, 0.1) is 3.39 Å². The number of hydrogen-bond donors (Lipinski definition) is 0. The van der Waals surface area contributed by atoms with E-state index < -0.39 is 0 Å². The van der Waals surface area contributed by atoms with E-state index in [1.54, 1.807) is 0 Å². The van der Waals surface area contributed by atoms with Crippen molar-refractivity contribution >= 4 is 37.9 Å². The summed E-state index contributed by atoms with van der Waals surface area (Å²) in [6.45, 7) is 4.21. The number of rotatable bonds is 1. The fourth-order valence-electron chi connectivity index (χ4n) is 1.22. The van der Waals surface area contributed by atoms with E-state index >= 15 is 0 Å². The molecule has 0 unspecified atom stereocenters. The molecule has 12 heavy (non-hydrogen) atoms. The third kappa shape index (κ3) is 3.11. The van der Waals surface area contributed by atoms with Gasteiger partial charge in [0.15, 0.2) is 0 Å². The molecule has 0 aliphatic rings. The van der Waals surface area contributed by atoms with Gasteiger partial charge in [0, 0.05) is 0 Å². The number of hydrogen-bond acceptors (Lipinski definition) is 0. The van der Waals surface area contributed by atoms with Crippen LogP contribution in [0, 0.1) is 13.8 Å². The third-order valence-electron chi connectivity index (χ3n) is 1.52. The van der Waals surface area contributed by atoms with Crippen LogP contribution in [0.4, 0.5) is 0 Å². The topological polar surface area (TPSA) is 0 Å². The molecular formula is C10H10Br2. The summed E-state index contributed by atoms with van der Waals surface area (Å²) in [4.78, 5) is 0. The lowest BCUT2D eigenvalue weighted by Crippen LogP contribution is -1.79. The summed E-state index contributed by atoms with van der Waals surface area (Å²) in [5.74, 6) is 0. The van der Waals surface area contributed by atoms with Crippen LogP contribution in [0.5, 0.6) is 0 Å². The molecule has 0 aliphatic carbocycles. The second-order valence-electron chi connectivity index (χ2n) is 2.86. The van der Waals surface area contributed by atoms with E-state index in [2.05, 4.69) is 63.9 Å². The molecule has 0 atom stereocenters. The van der Waals surface area contributed by atoms with Gasteiger partial charge in [-0.1, -0.05) is 29.3 Å². The van der Waals surface area contributed by atoms with E-state index in [1.165, 1.54) is 16.7 Å². The molecule has 0 nitrogen and oxygen atoms in total. The van der Waals surface area contributed by atoms with E-state index in [1.807, 2.05) is 6.08 Å². The summed E-state index contributed by atoms with van der Waals surface area (Å²) in [5.41, 5.74) is 3.81. The molecule has 0 fully saturated rings. The van der Waals surface area contributed by atoms with Gasteiger partial charge in [-0.25, -0.2) is 0 Å². The maximum absolute atomic E-state index is 3.34. The Hall–Kier alpha value is -0.0800. The van der Waals surface area contributed by atoms with Gasteiger partial charge < -0.3 is 0 Å². The van der Waals surface area contributed by atoms with Gasteiger partial charge in [0.2, 0.25) is 0 Å². The molecular weight excluding hydrogens is 280 g/mol. The van der Waals surface area contributed by atoms with Gasteiger partial charge in [0.25, 0.3) is 0 Å². The zero-order valence-electron chi connectivity index (χ0n) is 7.07. The summed E-state index contributed by atoms with van der Waals surface area (Å²) in [5, 5.41) is 0. The van der Waals surface area contributed by atoms with Crippen LogP contribution in [0.2, 0.25) is 0 Å². The summed E-state index contributed by atoms with van der Waals surface area (Å²) in [7, 11) is 0. The molecule has 0 bridgehead atoms. The molecule has 0 N–H and O–H groups in total. The minimum absolute atomic E-state index is 0.972. The first-order valence-corrected chi connectivity index (χ1v) is 5.27. The Morgan fingerprint density at radius 1 is 1.08 bits per heavy atom. The highest BCUT2D eigenvalue weighted by atomic mass is 79.9. The predicted molar refractivity (Wildman–Crippen MR) is 61.7 cm³/mol. The lowest BCUT2D eigenvalue weighted by Gasteiger charge is -1.99. The molecule has 0 heterocycles. The van der Waals surface area contributed by atoms with E-state index in [9.17, 15) is 0 Å². The Balaban J connectivity index is 3.09. The minimum atomic E-state index is 0.972. The Labute approximate surface area is 89.9 Å². The van der Waals surface area contributed by atoms with Crippen molar-refractivity contribution in [1.29, 1.82) is 0 Å². The van der Waals surface area contributed by atoms with Crippen molar-refractivity contribution in [1.82, 2.24) is 0 Å². The average molecular weight is 290 g/mol. The molecule has 1 aromatic carbocycles. The third-order valence-corrected chi connectivity index (χ3v) is 1.98. The van der Waals surface area contributed by atoms with Crippen molar-refractivity contribution in [2.75, 3.05) is 0 Å².